The largest absolute Gasteiger partial charge is 0.352 e. The molecule has 0 saturated heterocycles. The highest BCUT2D eigenvalue weighted by Gasteiger charge is 2.29. The average molecular weight is 320 g/mol. The molecule has 0 saturated carbocycles. The van der Waals surface area contributed by atoms with Crippen LogP contribution in [0.15, 0.2) is 18.2 Å². The van der Waals surface area contributed by atoms with Crippen molar-refractivity contribution in [3.8, 4) is 0 Å². The van der Waals surface area contributed by atoms with Crippen LogP contribution in [0.3, 0.4) is 0 Å². The maximum Gasteiger partial charge on any atom is 0.243 e. The molecule has 1 atom stereocenters. The Hall–Kier alpha value is -1.70. The Morgan fingerprint density at radius 2 is 1.76 bits per heavy atom. The van der Waals surface area contributed by atoms with Crippen molar-refractivity contribution >= 4 is 21.6 Å². The Labute approximate surface area is 123 Å². The summed E-state index contributed by atoms with van der Waals surface area (Å²) in [5.74, 6) is -2.80. The second-order valence-corrected chi connectivity index (χ2v) is 6.86. The van der Waals surface area contributed by atoms with E-state index in [9.17, 15) is 22.0 Å². The molecule has 0 aliphatic carbocycles. The Morgan fingerprint density at radius 1 is 1.19 bits per heavy atom. The van der Waals surface area contributed by atoms with E-state index >= 15 is 0 Å². The third-order valence-electron chi connectivity index (χ3n) is 2.68. The van der Waals surface area contributed by atoms with Crippen LogP contribution in [0.1, 0.15) is 20.8 Å². The molecule has 0 bridgehead atoms. The van der Waals surface area contributed by atoms with E-state index < -0.39 is 33.6 Å². The molecule has 1 rings (SSSR count). The summed E-state index contributed by atoms with van der Waals surface area (Å²) in [7, 11) is -3.84. The molecule has 0 radical (unpaired) electrons. The second kappa shape index (κ2) is 6.38. The number of carbonyl (C=O) groups is 1. The SMILES string of the molecule is CC(C)NC(=O)C(C)N(c1ccc(F)c(F)c1)S(C)(=O)=O. The summed E-state index contributed by atoms with van der Waals surface area (Å²) >= 11 is 0. The summed E-state index contributed by atoms with van der Waals surface area (Å²) in [6, 6.07) is 1.41. The molecular weight excluding hydrogens is 302 g/mol. The highest BCUT2D eigenvalue weighted by Crippen LogP contribution is 2.23. The molecule has 0 fully saturated rings. The van der Waals surface area contributed by atoms with E-state index in [0.29, 0.717) is 0 Å². The summed E-state index contributed by atoms with van der Waals surface area (Å²) < 4.78 is 50.8. The summed E-state index contributed by atoms with van der Waals surface area (Å²) in [6.45, 7) is 4.83. The van der Waals surface area contributed by atoms with Gasteiger partial charge in [0.05, 0.1) is 11.9 Å². The highest BCUT2D eigenvalue weighted by molar-refractivity contribution is 7.92. The first-order valence-electron chi connectivity index (χ1n) is 6.29. The van der Waals surface area contributed by atoms with Crippen molar-refractivity contribution in [3.63, 3.8) is 0 Å². The minimum absolute atomic E-state index is 0.109. The van der Waals surface area contributed by atoms with Gasteiger partial charge >= 0.3 is 0 Å². The molecule has 118 valence electrons. The van der Waals surface area contributed by atoms with Crippen LogP contribution in [0.25, 0.3) is 0 Å². The number of carbonyl (C=O) groups excluding carboxylic acids is 1. The molecule has 1 aromatic rings. The smallest absolute Gasteiger partial charge is 0.243 e. The molecule has 0 aromatic heterocycles. The fourth-order valence-corrected chi connectivity index (χ4v) is 3.00. The van der Waals surface area contributed by atoms with E-state index in [1.807, 2.05) is 0 Å². The lowest BCUT2D eigenvalue weighted by Crippen LogP contribution is -2.49. The molecule has 0 aliphatic rings. The van der Waals surface area contributed by atoms with Gasteiger partial charge in [-0.15, -0.1) is 0 Å². The average Bonchev–Trinajstić information content (AvgIpc) is 2.31. The minimum Gasteiger partial charge on any atom is -0.352 e. The zero-order valence-electron chi connectivity index (χ0n) is 12.2. The fourth-order valence-electron chi connectivity index (χ4n) is 1.84. The van der Waals surface area contributed by atoms with E-state index in [2.05, 4.69) is 5.32 Å². The predicted octanol–water partition coefficient (Wildman–Crippen LogP) is 1.64. The van der Waals surface area contributed by atoms with Crippen LogP contribution in [0.5, 0.6) is 0 Å². The Morgan fingerprint density at radius 3 is 2.19 bits per heavy atom. The summed E-state index contributed by atoms with van der Waals surface area (Å²) in [5.41, 5.74) is -0.109. The molecule has 8 heteroatoms. The normalized spacial score (nSPS) is 13.1. The van der Waals surface area contributed by atoms with Gasteiger partial charge in [0.15, 0.2) is 11.6 Å². The first-order valence-corrected chi connectivity index (χ1v) is 8.13. The summed E-state index contributed by atoms with van der Waals surface area (Å²) in [6.07, 6.45) is 0.896. The van der Waals surface area contributed by atoms with Gasteiger partial charge in [-0.3, -0.25) is 9.10 Å². The van der Waals surface area contributed by atoms with Gasteiger partial charge in [0.1, 0.15) is 6.04 Å². The quantitative estimate of drug-likeness (QED) is 0.897. The van der Waals surface area contributed by atoms with Crippen LogP contribution in [0.2, 0.25) is 0 Å². The Balaban J connectivity index is 3.24. The van der Waals surface area contributed by atoms with Crippen LogP contribution in [0, 0.1) is 11.6 Å². The zero-order valence-corrected chi connectivity index (χ0v) is 13.0. The van der Waals surface area contributed by atoms with Crippen molar-refractivity contribution in [2.24, 2.45) is 0 Å². The van der Waals surface area contributed by atoms with Crippen LogP contribution < -0.4 is 9.62 Å². The van der Waals surface area contributed by atoms with Crippen LogP contribution in [-0.2, 0) is 14.8 Å². The van der Waals surface area contributed by atoms with Gasteiger partial charge in [0.2, 0.25) is 15.9 Å². The van der Waals surface area contributed by atoms with Gasteiger partial charge in [-0.2, -0.15) is 0 Å². The van der Waals surface area contributed by atoms with Crippen molar-refractivity contribution in [2.45, 2.75) is 32.9 Å². The lowest BCUT2D eigenvalue weighted by atomic mass is 10.2. The predicted molar refractivity (Wildman–Crippen MR) is 76.4 cm³/mol. The van der Waals surface area contributed by atoms with Crippen molar-refractivity contribution in [1.82, 2.24) is 5.32 Å². The summed E-state index contributed by atoms with van der Waals surface area (Å²) in [4.78, 5) is 12.0. The number of nitrogens with zero attached hydrogens (tertiary/aromatic N) is 1. The lowest BCUT2D eigenvalue weighted by molar-refractivity contribution is -0.122. The monoisotopic (exact) mass is 320 g/mol. The third-order valence-corrected chi connectivity index (χ3v) is 3.92. The van der Waals surface area contributed by atoms with Crippen molar-refractivity contribution < 1.29 is 22.0 Å². The van der Waals surface area contributed by atoms with Gasteiger partial charge in [0, 0.05) is 12.1 Å². The number of hydrogen-bond acceptors (Lipinski definition) is 3. The second-order valence-electron chi connectivity index (χ2n) is 5.00. The van der Waals surface area contributed by atoms with Gasteiger partial charge in [-0.1, -0.05) is 0 Å². The maximum atomic E-state index is 13.3. The Bertz CT molecular complexity index is 632. The molecule has 1 N–H and O–H groups in total. The molecule has 5 nitrogen and oxygen atoms in total. The number of sulfonamides is 1. The molecule has 0 spiro atoms. The molecule has 1 aromatic carbocycles. The number of anilines is 1. The van der Waals surface area contributed by atoms with Crippen molar-refractivity contribution in [2.75, 3.05) is 10.6 Å². The van der Waals surface area contributed by atoms with Crippen LogP contribution in [-0.4, -0.2) is 32.7 Å². The van der Waals surface area contributed by atoms with Crippen LogP contribution in [0.4, 0.5) is 14.5 Å². The summed E-state index contributed by atoms with van der Waals surface area (Å²) in [5, 5.41) is 2.58. The topological polar surface area (TPSA) is 66.5 Å². The lowest BCUT2D eigenvalue weighted by Gasteiger charge is -2.28. The third kappa shape index (κ3) is 4.38. The number of nitrogens with one attached hydrogen (secondary N) is 1. The van der Waals surface area contributed by atoms with Gasteiger partial charge in [0.25, 0.3) is 0 Å². The van der Waals surface area contributed by atoms with Gasteiger partial charge in [-0.25, -0.2) is 17.2 Å². The zero-order chi connectivity index (χ0) is 16.4. The standard InChI is InChI=1S/C13H18F2N2O3S/c1-8(2)16-13(18)9(3)17(21(4,19)20)10-5-6-11(14)12(15)7-10/h5-9H,1-4H3,(H,16,18). The van der Waals surface area contributed by atoms with E-state index in [4.69, 9.17) is 0 Å². The first kappa shape index (κ1) is 17.4. The number of rotatable bonds is 5. The van der Waals surface area contributed by atoms with Gasteiger partial charge in [-0.05, 0) is 32.9 Å². The molecule has 0 aliphatic heterocycles. The minimum atomic E-state index is -3.84. The molecule has 0 heterocycles. The number of benzene rings is 1. The number of hydrogen-bond donors (Lipinski definition) is 1. The van der Waals surface area contributed by atoms with E-state index in [-0.39, 0.29) is 11.7 Å². The fraction of sp³-hybridized carbons (Fsp3) is 0.462. The van der Waals surface area contributed by atoms with E-state index in [1.165, 1.54) is 6.92 Å². The highest BCUT2D eigenvalue weighted by atomic mass is 32.2. The number of halogens is 2. The van der Waals surface area contributed by atoms with Crippen molar-refractivity contribution in [1.29, 1.82) is 0 Å². The molecular formula is C13H18F2N2O3S. The molecule has 1 unspecified atom stereocenters. The van der Waals surface area contributed by atoms with E-state index in [0.717, 1.165) is 28.8 Å². The van der Waals surface area contributed by atoms with Crippen molar-refractivity contribution in [3.05, 3.63) is 29.8 Å². The van der Waals surface area contributed by atoms with Gasteiger partial charge < -0.3 is 5.32 Å². The maximum absolute atomic E-state index is 13.3. The number of amides is 1. The molecule has 1 amide bonds. The molecule has 21 heavy (non-hydrogen) atoms. The first-order chi connectivity index (χ1) is 9.54. The Kier molecular flexibility index (Phi) is 5.27. The van der Waals surface area contributed by atoms with E-state index in [1.54, 1.807) is 13.8 Å². The van der Waals surface area contributed by atoms with Crippen LogP contribution >= 0.6 is 0 Å².